The fourth-order valence-corrected chi connectivity index (χ4v) is 4.39. The zero-order chi connectivity index (χ0) is 23.9. The third kappa shape index (κ3) is 5.66. The predicted molar refractivity (Wildman–Crippen MR) is 130 cm³/mol. The number of rotatable bonds is 10. The first-order valence-corrected chi connectivity index (χ1v) is 11.8. The van der Waals surface area contributed by atoms with E-state index < -0.39 is 18.3 Å². The Balaban J connectivity index is 1.38. The quantitative estimate of drug-likeness (QED) is 0.373. The number of ether oxygens (including phenoxy) is 3. The van der Waals surface area contributed by atoms with Gasteiger partial charge >= 0.3 is 0 Å². The second-order valence-electron chi connectivity index (χ2n) is 8.63. The van der Waals surface area contributed by atoms with Gasteiger partial charge in [-0.05, 0) is 16.7 Å². The van der Waals surface area contributed by atoms with Crippen molar-refractivity contribution in [2.45, 2.75) is 44.2 Å². The Labute approximate surface area is 204 Å². The molecule has 4 atom stereocenters. The van der Waals surface area contributed by atoms with Gasteiger partial charge < -0.3 is 23.9 Å². The molecule has 1 N–H and O–H groups in total. The maximum absolute atomic E-state index is 11.2. The van der Waals surface area contributed by atoms with Crippen molar-refractivity contribution in [1.29, 1.82) is 0 Å². The number of benzene rings is 3. The molecule has 1 aromatic heterocycles. The van der Waals surface area contributed by atoms with Crippen molar-refractivity contribution in [3.05, 3.63) is 120 Å². The highest BCUT2D eigenvalue weighted by Crippen LogP contribution is 2.36. The summed E-state index contributed by atoms with van der Waals surface area (Å²) in [6, 6.07) is 29.6. The second-order valence-corrected chi connectivity index (χ2v) is 8.63. The van der Waals surface area contributed by atoms with E-state index in [1.165, 1.54) is 0 Å². The molecule has 0 bridgehead atoms. The minimum Gasteiger partial charge on any atom is -0.382 e. The molecule has 1 aliphatic rings. The second kappa shape index (κ2) is 11.4. The van der Waals surface area contributed by atoms with Crippen LogP contribution in [0.5, 0.6) is 0 Å². The van der Waals surface area contributed by atoms with Crippen molar-refractivity contribution in [3.8, 4) is 0 Å². The zero-order valence-electron chi connectivity index (χ0n) is 19.4. The summed E-state index contributed by atoms with van der Waals surface area (Å²) >= 11 is 0. The summed E-state index contributed by atoms with van der Waals surface area (Å²) in [6.07, 6.45) is -0.469. The molecule has 0 fully saturated rings. The van der Waals surface area contributed by atoms with Crippen LogP contribution in [0.15, 0.2) is 97.3 Å². The van der Waals surface area contributed by atoms with E-state index in [-0.39, 0.29) is 6.04 Å². The highest BCUT2D eigenvalue weighted by Gasteiger charge is 2.45. The fraction of sp³-hybridized carbons (Fsp3) is 0.286. The summed E-state index contributed by atoms with van der Waals surface area (Å²) in [5.41, 5.74) is 3.15. The van der Waals surface area contributed by atoms with Crippen LogP contribution in [-0.2, 0) is 34.0 Å². The van der Waals surface area contributed by atoms with E-state index >= 15 is 0 Å². The number of hydrogen-bond acceptors (Lipinski definition) is 6. The van der Waals surface area contributed by atoms with Gasteiger partial charge in [0.2, 0.25) is 0 Å². The number of aliphatic hydroxyl groups is 1. The van der Waals surface area contributed by atoms with Crippen molar-refractivity contribution in [2.24, 2.45) is 0 Å². The maximum atomic E-state index is 11.2. The molecule has 7 heteroatoms. The molecule has 4 aromatic rings. The molecule has 1 aliphatic heterocycles. The van der Waals surface area contributed by atoms with Gasteiger partial charge in [-0.25, -0.2) is 0 Å². The van der Waals surface area contributed by atoms with E-state index in [0.29, 0.717) is 32.3 Å². The molecule has 2 heterocycles. The van der Waals surface area contributed by atoms with Crippen molar-refractivity contribution in [1.82, 2.24) is 14.8 Å². The lowest BCUT2D eigenvalue weighted by Gasteiger charge is -2.40. The van der Waals surface area contributed by atoms with Crippen LogP contribution in [0.3, 0.4) is 0 Å². The molecule has 7 nitrogen and oxygen atoms in total. The first kappa shape index (κ1) is 23.4. The lowest BCUT2D eigenvalue weighted by atomic mass is 9.95. The topological polar surface area (TPSA) is 78.6 Å². The summed E-state index contributed by atoms with van der Waals surface area (Å²) in [7, 11) is 0. The van der Waals surface area contributed by atoms with Crippen LogP contribution in [0.1, 0.15) is 34.7 Å². The van der Waals surface area contributed by atoms with Gasteiger partial charge in [-0.2, -0.15) is 0 Å². The fourth-order valence-electron chi connectivity index (χ4n) is 4.39. The first-order valence-electron chi connectivity index (χ1n) is 11.8. The highest BCUT2D eigenvalue weighted by atomic mass is 16.6. The third-order valence-electron chi connectivity index (χ3n) is 6.21. The Kier molecular flexibility index (Phi) is 7.60. The molecule has 5 rings (SSSR count). The molecule has 0 spiro atoms. The summed E-state index contributed by atoms with van der Waals surface area (Å²) in [5, 5.41) is 19.5. The van der Waals surface area contributed by atoms with Gasteiger partial charge in [0.1, 0.15) is 24.6 Å². The van der Waals surface area contributed by atoms with Crippen LogP contribution >= 0.6 is 0 Å². The van der Waals surface area contributed by atoms with Crippen LogP contribution in [0.2, 0.25) is 0 Å². The zero-order valence-corrected chi connectivity index (χ0v) is 19.4. The van der Waals surface area contributed by atoms with Gasteiger partial charge in [-0.1, -0.05) is 91.0 Å². The van der Waals surface area contributed by atoms with Crippen LogP contribution in [0.4, 0.5) is 0 Å². The smallest absolute Gasteiger partial charge is 0.165 e. The SMILES string of the molecule is O[C@H]1c2nncn2[C@H](COCc2ccccc2)[C@H](OCc2ccccc2)[C@@H]1OCc1ccccc1. The minimum absolute atomic E-state index is 0.267. The molecule has 0 radical (unpaired) electrons. The molecular weight excluding hydrogens is 442 g/mol. The van der Waals surface area contributed by atoms with Crippen LogP contribution in [0.25, 0.3) is 0 Å². The summed E-state index contributed by atoms with van der Waals surface area (Å²) in [6.45, 7) is 1.56. The molecule has 3 aromatic carbocycles. The average Bonchev–Trinajstić information content (AvgIpc) is 3.40. The molecule has 0 aliphatic carbocycles. The number of hydrogen-bond donors (Lipinski definition) is 1. The molecule has 0 saturated heterocycles. The van der Waals surface area contributed by atoms with E-state index in [2.05, 4.69) is 10.2 Å². The molecule has 35 heavy (non-hydrogen) atoms. The number of nitrogens with zero attached hydrogens (tertiary/aromatic N) is 3. The van der Waals surface area contributed by atoms with E-state index in [0.717, 1.165) is 16.7 Å². The monoisotopic (exact) mass is 471 g/mol. The van der Waals surface area contributed by atoms with Crippen LogP contribution in [-0.4, -0.2) is 38.7 Å². The summed E-state index contributed by atoms with van der Waals surface area (Å²) in [5.74, 6) is 0.455. The Morgan fingerprint density at radius 3 is 1.77 bits per heavy atom. The lowest BCUT2D eigenvalue weighted by Crippen LogP contribution is -2.49. The van der Waals surface area contributed by atoms with E-state index in [4.69, 9.17) is 14.2 Å². The minimum atomic E-state index is -0.979. The van der Waals surface area contributed by atoms with Gasteiger partial charge in [-0.15, -0.1) is 10.2 Å². The predicted octanol–water partition coefficient (Wildman–Crippen LogP) is 4.25. The number of aliphatic hydroxyl groups excluding tert-OH is 1. The van der Waals surface area contributed by atoms with Gasteiger partial charge in [-0.3, -0.25) is 0 Å². The normalized spacial score (nSPS) is 21.5. The Morgan fingerprint density at radius 2 is 1.20 bits per heavy atom. The molecule has 0 amide bonds. The van der Waals surface area contributed by atoms with E-state index in [9.17, 15) is 5.11 Å². The average molecular weight is 472 g/mol. The first-order chi connectivity index (χ1) is 17.3. The van der Waals surface area contributed by atoms with E-state index in [1.807, 2.05) is 95.6 Å². The van der Waals surface area contributed by atoms with E-state index in [1.54, 1.807) is 6.33 Å². The molecule has 0 saturated carbocycles. The maximum Gasteiger partial charge on any atom is 0.165 e. The summed E-state index contributed by atoms with van der Waals surface area (Å²) in [4.78, 5) is 0. The van der Waals surface area contributed by atoms with Crippen molar-refractivity contribution >= 4 is 0 Å². The largest absolute Gasteiger partial charge is 0.382 e. The van der Waals surface area contributed by atoms with Crippen molar-refractivity contribution in [3.63, 3.8) is 0 Å². The number of fused-ring (bicyclic) bond motifs is 1. The number of aromatic nitrogens is 3. The summed E-state index contributed by atoms with van der Waals surface area (Å²) < 4.78 is 20.7. The lowest BCUT2D eigenvalue weighted by molar-refractivity contribution is -0.172. The van der Waals surface area contributed by atoms with Crippen LogP contribution in [0, 0.1) is 0 Å². The van der Waals surface area contributed by atoms with Gasteiger partial charge in [0.15, 0.2) is 5.82 Å². The Morgan fingerprint density at radius 1 is 0.686 bits per heavy atom. The standard InChI is InChI=1S/C28H29N3O4/c32-25-27(35-18-23-14-8-3-9-15-23)26(34-17-22-12-6-2-7-13-22)24(31-20-29-30-28(25)31)19-33-16-21-10-4-1-5-11-21/h1-15,20,24-27,32H,16-19H2/t24-,25-,26+,27-/m1/s1. The third-order valence-corrected chi connectivity index (χ3v) is 6.21. The van der Waals surface area contributed by atoms with Crippen molar-refractivity contribution in [2.75, 3.05) is 6.61 Å². The van der Waals surface area contributed by atoms with Gasteiger partial charge in [0, 0.05) is 0 Å². The van der Waals surface area contributed by atoms with Crippen LogP contribution < -0.4 is 0 Å². The highest BCUT2D eigenvalue weighted by molar-refractivity contribution is 5.16. The Bertz CT molecular complexity index is 1170. The van der Waals surface area contributed by atoms with Gasteiger partial charge in [0.05, 0.1) is 32.5 Å². The Hall–Kier alpha value is -3.36. The molecule has 0 unspecified atom stereocenters. The van der Waals surface area contributed by atoms with Gasteiger partial charge in [0.25, 0.3) is 0 Å². The molecule has 180 valence electrons. The van der Waals surface area contributed by atoms with Crippen molar-refractivity contribution < 1.29 is 19.3 Å². The molecular formula is C28H29N3O4.